The van der Waals surface area contributed by atoms with E-state index in [1.54, 1.807) is 0 Å². The Labute approximate surface area is 87.9 Å². The van der Waals surface area contributed by atoms with Gasteiger partial charge >= 0.3 is 0 Å². The molecule has 0 aromatic rings. The Balaban J connectivity index is 2.44. The van der Waals surface area contributed by atoms with Gasteiger partial charge in [0.15, 0.2) is 0 Å². The Hall–Kier alpha value is -0.550. The van der Waals surface area contributed by atoms with Crippen molar-refractivity contribution < 1.29 is 0 Å². The molecule has 1 aliphatic rings. The third-order valence-electron chi connectivity index (χ3n) is 3.57. The Kier molecular flexibility index (Phi) is 3.95. The van der Waals surface area contributed by atoms with Crippen LogP contribution < -0.4 is 0 Å². The molecule has 2 nitrogen and oxygen atoms in total. The van der Waals surface area contributed by atoms with Crippen molar-refractivity contribution in [3.63, 3.8) is 0 Å². The summed E-state index contributed by atoms with van der Waals surface area (Å²) >= 11 is 0. The number of hydrogen-bond donors (Lipinski definition) is 0. The van der Waals surface area contributed by atoms with Gasteiger partial charge in [-0.1, -0.05) is 13.8 Å². The summed E-state index contributed by atoms with van der Waals surface area (Å²) in [6, 6.07) is 2.99. The predicted molar refractivity (Wildman–Crippen MR) is 58.9 cm³/mol. The summed E-state index contributed by atoms with van der Waals surface area (Å²) in [5.41, 5.74) is 0.369. The van der Waals surface area contributed by atoms with Gasteiger partial charge in [-0.25, -0.2) is 0 Å². The zero-order chi connectivity index (χ0) is 10.6. The minimum Gasteiger partial charge on any atom is -0.300 e. The van der Waals surface area contributed by atoms with Crippen molar-refractivity contribution in [2.75, 3.05) is 13.1 Å². The largest absolute Gasteiger partial charge is 0.300 e. The van der Waals surface area contributed by atoms with Gasteiger partial charge in [0, 0.05) is 19.0 Å². The molecule has 1 rings (SSSR count). The molecule has 0 aromatic heterocycles. The van der Waals surface area contributed by atoms with Gasteiger partial charge in [-0.15, -0.1) is 0 Å². The van der Waals surface area contributed by atoms with Crippen LogP contribution in [0.25, 0.3) is 0 Å². The molecule has 1 aliphatic carbocycles. The van der Waals surface area contributed by atoms with E-state index in [2.05, 4.69) is 31.7 Å². The van der Waals surface area contributed by atoms with Gasteiger partial charge in [0.25, 0.3) is 0 Å². The van der Waals surface area contributed by atoms with Crippen LogP contribution in [0.1, 0.15) is 46.5 Å². The summed E-state index contributed by atoms with van der Waals surface area (Å²) < 4.78 is 0. The highest BCUT2D eigenvalue weighted by molar-refractivity contribution is 5.01. The molecule has 1 unspecified atom stereocenters. The van der Waals surface area contributed by atoms with Gasteiger partial charge in [-0.3, -0.25) is 0 Å². The maximum Gasteiger partial charge on any atom is 0.0628 e. The second-order valence-corrected chi connectivity index (χ2v) is 4.66. The normalized spacial score (nSPS) is 20.5. The minimum absolute atomic E-state index is 0.369. The third kappa shape index (κ3) is 2.72. The van der Waals surface area contributed by atoms with Gasteiger partial charge in [-0.05, 0) is 38.1 Å². The van der Waals surface area contributed by atoms with E-state index in [9.17, 15) is 0 Å². The standard InChI is InChI=1S/C12H22N2/c1-4-11(3)14(5-2)10-12(6-7-12)8-9-13/h11H,4-8,10H2,1-3H3. The van der Waals surface area contributed by atoms with Crippen LogP contribution >= 0.6 is 0 Å². The molecule has 0 N–H and O–H groups in total. The summed E-state index contributed by atoms with van der Waals surface area (Å²) in [5.74, 6) is 0. The second kappa shape index (κ2) is 4.79. The van der Waals surface area contributed by atoms with Crippen molar-refractivity contribution in [1.29, 1.82) is 5.26 Å². The first kappa shape index (κ1) is 11.5. The van der Waals surface area contributed by atoms with Crippen LogP contribution in [-0.2, 0) is 0 Å². The Morgan fingerprint density at radius 2 is 2.07 bits per heavy atom. The van der Waals surface area contributed by atoms with E-state index in [1.165, 1.54) is 19.3 Å². The lowest BCUT2D eigenvalue weighted by molar-refractivity contribution is 0.173. The van der Waals surface area contributed by atoms with Crippen molar-refractivity contribution in [2.45, 2.75) is 52.5 Å². The first-order chi connectivity index (χ1) is 6.67. The molecule has 0 radical (unpaired) electrons. The summed E-state index contributed by atoms with van der Waals surface area (Å²) in [6.07, 6.45) is 4.47. The van der Waals surface area contributed by atoms with Gasteiger partial charge in [0.05, 0.1) is 6.07 Å². The van der Waals surface area contributed by atoms with E-state index in [1.807, 2.05) is 0 Å². The SMILES string of the molecule is CCC(C)N(CC)CC1(CC#N)CC1. The number of hydrogen-bond acceptors (Lipinski definition) is 2. The molecule has 1 fully saturated rings. The van der Waals surface area contributed by atoms with Crippen molar-refractivity contribution in [2.24, 2.45) is 5.41 Å². The number of rotatable bonds is 6. The molecule has 0 amide bonds. The van der Waals surface area contributed by atoms with Crippen LogP contribution in [-0.4, -0.2) is 24.0 Å². The smallest absolute Gasteiger partial charge is 0.0628 e. The molecule has 1 atom stereocenters. The highest BCUT2D eigenvalue weighted by atomic mass is 15.2. The van der Waals surface area contributed by atoms with E-state index in [-0.39, 0.29) is 0 Å². The monoisotopic (exact) mass is 194 g/mol. The summed E-state index contributed by atoms with van der Waals surface area (Å²) in [6.45, 7) is 8.98. The maximum absolute atomic E-state index is 8.75. The highest BCUT2D eigenvalue weighted by Gasteiger charge is 2.43. The molecule has 14 heavy (non-hydrogen) atoms. The van der Waals surface area contributed by atoms with Crippen LogP contribution in [0, 0.1) is 16.7 Å². The Morgan fingerprint density at radius 1 is 1.43 bits per heavy atom. The molecule has 0 bridgehead atoms. The fourth-order valence-corrected chi connectivity index (χ4v) is 2.00. The predicted octanol–water partition coefficient (Wildman–Crippen LogP) is 2.80. The zero-order valence-electron chi connectivity index (χ0n) is 9.71. The van der Waals surface area contributed by atoms with Gasteiger partial charge < -0.3 is 4.90 Å². The first-order valence-corrected chi connectivity index (χ1v) is 5.78. The summed E-state index contributed by atoms with van der Waals surface area (Å²) in [5, 5.41) is 8.75. The topological polar surface area (TPSA) is 27.0 Å². The lowest BCUT2D eigenvalue weighted by Crippen LogP contribution is -2.37. The van der Waals surface area contributed by atoms with Gasteiger partial charge in [0.1, 0.15) is 0 Å². The minimum atomic E-state index is 0.369. The van der Waals surface area contributed by atoms with E-state index in [0.717, 1.165) is 19.5 Å². The van der Waals surface area contributed by atoms with E-state index < -0.39 is 0 Å². The van der Waals surface area contributed by atoms with Crippen molar-refractivity contribution in [3.05, 3.63) is 0 Å². The molecule has 80 valence electrons. The lowest BCUT2D eigenvalue weighted by Gasteiger charge is -2.30. The lowest BCUT2D eigenvalue weighted by atomic mass is 10.0. The average Bonchev–Trinajstić information content (AvgIpc) is 2.94. The fraction of sp³-hybridized carbons (Fsp3) is 0.917. The summed E-state index contributed by atoms with van der Waals surface area (Å²) in [7, 11) is 0. The molecule has 2 heteroatoms. The molecule has 1 saturated carbocycles. The van der Waals surface area contributed by atoms with Crippen LogP contribution in [0.3, 0.4) is 0 Å². The van der Waals surface area contributed by atoms with Crippen molar-refractivity contribution in [3.8, 4) is 6.07 Å². The highest BCUT2D eigenvalue weighted by Crippen LogP contribution is 2.49. The van der Waals surface area contributed by atoms with Crippen LogP contribution in [0.5, 0.6) is 0 Å². The zero-order valence-corrected chi connectivity index (χ0v) is 9.71. The van der Waals surface area contributed by atoms with Gasteiger partial charge in [-0.2, -0.15) is 5.26 Å². The molecule has 0 aromatic carbocycles. The first-order valence-electron chi connectivity index (χ1n) is 5.78. The van der Waals surface area contributed by atoms with Crippen molar-refractivity contribution >= 4 is 0 Å². The van der Waals surface area contributed by atoms with Gasteiger partial charge in [0.2, 0.25) is 0 Å². The molecule has 0 heterocycles. The summed E-state index contributed by atoms with van der Waals surface area (Å²) in [4.78, 5) is 2.52. The number of nitrogens with zero attached hydrogens (tertiary/aromatic N) is 2. The molecule has 0 spiro atoms. The quantitative estimate of drug-likeness (QED) is 0.650. The second-order valence-electron chi connectivity index (χ2n) is 4.66. The van der Waals surface area contributed by atoms with Crippen LogP contribution in [0.2, 0.25) is 0 Å². The number of nitriles is 1. The van der Waals surface area contributed by atoms with Crippen LogP contribution in [0.4, 0.5) is 0 Å². The molecule has 0 aliphatic heterocycles. The fourth-order valence-electron chi connectivity index (χ4n) is 2.00. The van der Waals surface area contributed by atoms with E-state index >= 15 is 0 Å². The Bertz CT molecular complexity index is 213. The van der Waals surface area contributed by atoms with Crippen LogP contribution in [0.15, 0.2) is 0 Å². The third-order valence-corrected chi connectivity index (χ3v) is 3.57. The van der Waals surface area contributed by atoms with Crippen molar-refractivity contribution in [1.82, 2.24) is 4.90 Å². The molecular weight excluding hydrogens is 172 g/mol. The molecule has 0 saturated heterocycles. The Morgan fingerprint density at radius 3 is 2.43 bits per heavy atom. The molecular formula is C12H22N2. The average molecular weight is 194 g/mol. The van der Waals surface area contributed by atoms with E-state index in [4.69, 9.17) is 5.26 Å². The maximum atomic E-state index is 8.75. The van der Waals surface area contributed by atoms with E-state index in [0.29, 0.717) is 11.5 Å².